The number of hydrogen-bond acceptors (Lipinski definition) is 5. The van der Waals surface area contributed by atoms with Crippen LogP contribution >= 0.6 is 0 Å². The molecule has 2 aromatic rings. The molecular formula is C18H19FN2O4S. The molecule has 0 aromatic heterocycles. The van der Waals surface area contributed by atoms with E-state index in [4.69, 9.17) is 4.74 Å². The van der Waals surface area contributed by atoms with E-state index in [1.807, 2.05) is 12.1 Å². The summed E-state index contributed by atoms with van der Waals surface area (Å²) in [4.78, 5) is 14.4. The third-order valence-corrected chi connectivity index (χ3v) is 4.95. The van der Waals surface area contributed by atoms with Crippen molar-refractivity contribution < 1.29 is 21.8 Å². The zero-order chi connectivity index (χ0) is 18.6. The molecule has 0 bridgehead atoms. The number of rotatable bonds is 5. The Bertz CT molecular complexity index is 896. The highest BCUT2D eigenvalue weighted by atomic mass is 32.3. The molecule has 0 saturated carbocycles. The van der Waals surface area contributed by atoms with Crippen LogP contribution in [0.4, 0.5) is 9.57 Å². The van der Waals surface area contributed by atoms with E-state index in [1.165, 1.54) is 12.1 Å². The van der Waals surface area contributed by atoms with E-state index in [-0.39, 0.29) is 11.6 Å². The van der Waals surface area contributed by atoms with Gasteiger partial charge in [0.05, 0.1) is 13.2 Å². The van der Waals surface area contributed by atoms with Crippen LogP contribution < -0.4 is 5.32 Å². The number of anilines is 1. The summed E-state index contributed by atoms with van der Waals surface area (Å²) in [6, 6.07) is 12.3. The molecule has 1 N–H and O–H groups in total. The summed E-state index contributed by atoms with van der Waals surface area (Å²) < 4.78 is 40.5. The molecule has 1 heterocycles. The molecule has 1 amide bonds. The van der Waals surface area contributed by atoms with Crippen LogP contribution in [-0.2, 0) is 21.5 Å². The van der Waals surface area contributed by atoms with Crippen molar-refractivity contribution in [3.8, 4) is 0 Å². The summed E-state index contributed by atoms with van der Waals surface area (Å²) in [5, 5.41) is 2.64. The van der Waals surface area contributed by atoms with E-state index < -0.39 is 15.1 Å². The summed E-state index contributed by atoms with van der Waals surface area (Å²) in [5.41, 5.74) is 1.57. The monoisotopic (exact) mass is 378 g/mol. The summed E-state index contributed by atoms with van der Waals surface area (Å²) in [6.07, 6.45) is 0. The normalized spacial score (nSPS) is 15.6. The Labute approximate surface area is 151 Å². The molecule has 0 radical (unpaired) electrons. The molecule has 0 atom stereocenters. The van der Waals surface area contributed by atoms with Gasteiger partial charge >= 0.3 is 10.2 Å². The van der Waals surface area contributed by atoms with Crippen molar-refractivity contribution in [2.24, 2.45) is 0 Å². The average Bonchev–Trinajstić information content (AvgIpc) is 2.62. The molecule has 0 aliphatic carbocycles. The van der Waals surface area contributed by atoms with E-state index >= 15 is 0 Å². The molecule has 0 spiro atoms. The third-order valence-electron chi connectivity index (χ3n) is 4.13. The van der Waals surface area contributed by atoms with Crippen LogP contribution in [0, 0.1) is 0 Å². The van der Waals surface area contributed by atoms with Crippen LogP contribution in [0.25, 0.3) is 0 Å². The van der Waals surface area contributed by atoms with Gasteiger partial charge in [0.15, 0.2) is 0 Å². The minimum Gasteiger partial charge on any atom is -0.379 e. The Morgan fingerprint density at radius 2 is 1.85 bits per heavy atom. The Morgan fingerprint density at radius 3 is 2.58 bits per heavy atom. The second-order valence-corrected chi connectivity index (χ2v) is 7.31. The van der Waals surface area contributed by atoms with Crippen molar-refractivity contribution in [1.82, 2.24) is 4.90 Å². The maximum atomic E-state index is 13.1. The van der Waals surface area contributed by atoms with Gasteiger partial charge in [-0.2, -0.15) is 8.42 Å². The van der Waals surface area contributed by atoms with Gasteiger partial charge in [0.2, 0.25) is 0 Å². The van der Waals surface area contributed by atoms with E-state index in [2.05, 4.69) is 10.2 Å². The minimum atomic E-state index is -4.82. The molecule has 1 aliphatic rings. The zero-order valence-electron chi connectivity index (χ0n) is 14.0. The van der Waals surface area contributed by atoms with E-state index in [9.17, 15) is 17.1 Å². The van der Waals surface area contributed by atoms with Gasteiger partial charge in [-0.1, -0.05) is 24.3 Å². The highest BCUT2D eigenvalue weighted by molar-refractivity contribution is 7.86. The lowest BCUT2D eigenvalue weighted by Crippen LogP contribution is -2.36. The predicted molar refractivity (Wildman–Crippen MR) is 95.2 cm³/mol. The summed E-state index contributed by atoms with van der Waals surface area (Å²) in [5.74, 6) is -0.373. The van der Waals surface area contributed by atoms with Crippen molar-refractivity contribution >= 4 is 21.8 Å². The number of carbonyl (C=O) groups excluding carboxylic acids is 1. The predicted octanol–water partition coefficient (Wildman–Crippen LogP) is 2.43. The Morgan fingerprint density at radius 1 is 1.12 bits per heavy atom. The molecule has 138 valence electrons. The van der Waals surface area contributed by atoms with E-state index in [0.29, 0.717) is 25.3 Å². The Balaban J connectivity index is 1.78. The second-order valence-electron chi connectivity index (χ2n) is 5.97. The molecule has 1 saturated heterocycles. The van der Waals surface area contributed by atoms with Crippen molar-refractivity contribution in [2.45, 2.75) is 11.4 Å². The van der Waals surface area contributed by atoms with Crippen LogP contribution in [-0.4, -0.2) is 45.5 Å². The Hall–Kier alpha value is -2.29. The first kappa shape index (κ1) is 18.5. The average molecular weight is 378 g/mol. The number of benzene rings is 2. The number of nitrogens with one attached hydrogen (secondary N) is 1. The smallest absolute Gasteiger partial charge is 0.332 e. The van der Waals surface area contributed by atoms with Gasteiger partial charge in [0.1, 0.15) is 4.90 Å². The van der Waals surface area contributed by atoms with Crippen molar-refractivity contribution in [1.29, 1.82) is 0 Å². The van der Waals surface area contributed by atoms with Crippen LogP contribution in [0.5, 0.6) is 0 Å². The van der Waals surface area contributed by atoms with E-state index in [0.717, 1.165) is 30.8 Å². The fourth-order valence-electron chi connectivity index (χ4n) is 2.80. The fourth-order valence-corrected chi connectivity index (χ4v) is 3.31. The number of halogens is 1. The van der Waals surface area contributed by atoms with Gasteiger partial charge in [0, 0.05) is 30.9 Å². The number of hydrogen-bond donors (Lipinski definition) is 1. The lowest BCUT2D eigenvalue weighted by molar-refractivity contribution is 0.0341. The van der Waals surface area contributed by atoms with Crippen molar-refractivity contribution in [2.75, 3.05) is 31.6 Å². The van der Waals surface area contributed by atoms with E-state index in [1.54, 1.807) is 12.1 Å². The van der Waals surface area contributed by atoms with Crippen molar-refractivity contribution in [3.05, 3.63) is 59.7 Å². The number of morpholine rings is 1. The van der Waals surface area contributed by atoms with Crippen LogP contribution in [0.2, 0.25) is 0 Å². The SMILES string of the molecule is O=C(Nc1cccc(S(=O)(=O)F)c1)c1ccccc1CN1CCOCC1. The molecule has 1 fully saturated rings. The number of amides is 1. The van der Waals surface area contributed by atoms with Gasteiger partial charge < -0.3 is 10.1 Å². The summed E-state index contributed by atoms with van der Waals surface area (Å²) in [7, 11) is -4.82. The van der Waals surface area contributed by atoms with Gasteiger partial charge in [0.25, 0.3) is 5.91 Å². The lowest BCUT2D eigenvalue weighted by Gasteiger charge is -2.27. The third kappa shape index (κ3) is 4.66. The molecule has 0 unspecified atom stereocenters. The first-order chi connectivity index (χ1) is 12.4. The number of nitrogens with zero attached hydrogens (tertiary/aromatic N) is 1. The highest BCUT2D eigenvalue weighted by Crippen LogP contribution is 2.19. The first-order valence-corrected chi connectivity index (χ1v) is 9.56. The largest absolute Gasteiger partial charge is 0.379 e. The van der Waals surface area contributed by atoms with Gasteiger partial charge in [-0.3, -0.25) is 9.69 Å². The van der Waals surface area contributed by atoms with Crippen LogP contribution in [0.1, 0.15) is 15.9 Å². The summed E-state index contributed by atoms with van der Waals surface area (Å²) >= 11 is 0. The number of carbonyl (C=O) groups is 1. The lowest BCUT2D eigenvalue weighted by atomic mass is 10.1. The first-order valence-electron chi connectivity index (χ1n) is 8.17. The maximum Gasteiger partial charge on any atom is 0.332 e. The molecule has 1 aliphatic heterocycles. The molecule has 2 aromatic carbocycles. The standard InChI is InChI=1S/C18H19FN2O4S/c19-26(23,24)16-6-3-5-15(12-16)20-18(22)17-7-2-1-4-14(17)13-21-8-10-25-11-9-21/h1-7,12H,8-11,13H2,(H,20,22). The number of ether oxygens (including phenoxy) is 1. The molecule has 8 heteroatoms. The summed E-state index contributed by atoms with van der Waals surface area (Å²) in [6.45, 7) is 3.54. The topological polar surface area (TPSA) is 75.7 Å². The molecule has 26 heavy (non-hydrogen) atoms. The molecule has 3 rings (SSSR count). The van der Waals surface area contributed by atoms with Crippen molar-refractivity contribution in [3.63, 3.8) is 0 Å². The second kappa shape index (κ2) is 7.94. The van der Waals surface area contributed by atoms with Gasteiger partial charge in [-0.05, 0) is 29.8 Å². The van der Waals surface area contributed by atoms with Gasteiger partial charge in [-0.25, -0.2) is 0 Å². The van der Waals surface area contributed by atoms with Crippen LogP contribution in [0.15, 0.2) is 53.4 Å². The highest BCUT2D eigenvalue weighted by Gasteiger charge is 2.17. The quantitative estimate of drug-likeness (QED) is 0.809. The Kier molecular flexibility index (Phi) is 5.65. The van der Waals surface area contributed by atoms with Crippen LogP contribution in [0.3, 0.4) is 0 Å². The molecule has 6 nitrogen and oxygen atoms in total. The van der Waals surface area contributed by atoms with Gasteiger partial charge in [-0.15, -0.1) is 3.89 Å². The zero-order valence-corrected chi connectivity index (χ0v) is 14.8. The molecular weight excluding hydrogens is 359 g/mol. The maximum absolute atomic E-state index is 13.1. The minimum absolute atomic E-state index is 0.218. The fraction of sp³-hybridized carbons (Fsp3) is 0.278.